The molecule has 1 fully saturated rings. The van der Waals surface area contributed by atoms with Crippen LogP contribution in [-0.4, -0.2) is 89.6 Å². The van der Waals surface area contributed by atoms with Crippen molar-refractivity contribution in [1.29, 1.82) is 0 Å². The van der Waals surface area contributed by atoms with Crippen molar-refractivity contribution in [3.63, 3.8) is 0 Å². The van der Waals surface area contributed by atoms with Crippen LogP contribution in [0, 0.1) is 0 Å². The van der Waals surface area contributed by atoms with Gasteiger partial charge in [-0.3, -0.25) is 4.79 Å². The zero-order chi connectivity index (χ0) is 45.0. The summed E-state index contributed by atoms with van der Waals surface area (Å²) in [5.41, 5.74) is 0. The lowest BCUT2D eigenvalue weighted by molar-refractivity contribution is -0.305. The van der Waals surface area contributed by atoms with Crippen LogP contribution in [-0.2, 0) is 23.7 Å². The van der Waals surface area contributed by atoms with Gasteiger partial charge in [-0.2, -0.15) is 0 Å². The Kier molecular flexibility index (Phi) is 40.4. The van der Waals surface area contributed by atoms with Crippen LogP contribution in [0.15, 0.2) is 85.1 Å². The van der Waals surface area contributed by atoms with Gasteiger partial charge in [-0.1, -0.05) is 189 Å². The van der Waals surface area contributed by atoms with E-state index in [-0.39, 0.29) is 19.2 Å². The third kappa shape index (κ3) is 33.9. The Morgan fingerprint density at radius 3 is 1.45 bits per heavy atom. The molecule has 9 nitrogen and oxygen atoms in total. The lowest BCUT2D eigenvalue weighted by Gasteiger charge is -2.39. The number of ether oxygens (including phenoxy) is 4. The van der Waals surface area contributed by atoms with Gasteiger partial charge >= 0.3 is 5.97 Å². The van der Waals surface area contributed by atoms with Crippen molar-refractivity contribution >= 4 is 5.97 Å². The van der Waals surface area contributed by atoms with Crippen molar-refractivity contribution in [1.82, 2.24) is 0 Å². The van der Waals surface area contributed by atoms with Crippen LogP contribution in [0.2, 0.25) is 0 Å². The second-order valence-electron chi connectivity index (χ2n) is 16.5. The van der Waals surface area contributed by atoms with Gasteiger partial charge < -0.3 is 39.4 Å². The van der Waals surface area contributed by atoms with E-state index in [0.717, 1.165) is 83.5 Å². The Hall–Kier alpha value is -2.63. The normalized spacial score (nSPS) is 20.5. The maximum Gasteiger partial charge on any atom is 0.306 e. The molecule has 6 atom stereocenters. The molecular formula is C53H90O9. The van der Waals surface area contributed by atoms with Gasteiger partial charge in [0.15, 0.2) is 6.29 Å². The molecule has 4 N–H and O–H groups in total. The van der Waals surface area contributed by atoms with E-state index in [4.69, 9.17) is 18.9 Å². The van der Waals surface area contributed by atoms with E-state index in [9.17, 15) is 25.2 Å². The van der Waals surface area contributed by atoms with Gasteiger partial charge in [0, 0.05) is 13.0 Å². The maximum absolute atomic E-state index is 12.8. The van der Waals surface area contributed by atoms with E-state index in [0.29, 0.717) is 13.0 Å². The Labute approximate surface area is 378 Å². The van der Waals surface area contributed by atoms with Crippen LogP contribution in [0.5, 0.6) is 0 Å². The zero-order valence-electron chi connectivity index (χ0n) is 39.1. The summed E-state index contributed by atoms with van der Waals surface area (Å²) in [5, 5.41) is 40.2. The number of carbonyl (C=O) groups is 1. The monoisotopic (exact) mass is 871 g/mol. The third-order valence-corrected chi connectivity index (χ3v) is 10.8. The minimum Gasteiger partial charge on any atom is -0.457 e. The molecule has 1 aliphatic heterocycles. The fourth-order valence-corrected chi connectivity index (χ4v) is 7.00. The molecule has 6 unspecified atom stereocenters. The van der Waals surface area contributed by atoms with Crippen molar-refractivity contribution in [2.45, 2.75) is 218 Å². The Morgan fingerprint density at radius 2 is 0.984 bits per heavy atom. The summed E-state index contributed by atoms with van der Waals surface area (Å²) in [5.74, 6) is -0.331. The molecule has 1 saturated heterocycles. The maximum atomic E-state index is 12.8. The van der Waals surface area contributed by atoms with E-state index in [2.05, 4.69) is 98.9 Å². The number of rotatable bonds is 41. The molecule has 0 saturated carbocycles. The highest BCUT2D eigenvalue weighted by atomic mass is 16.7. The minimum absolute atomic E-state index is 0.112. The molecule has 0 aromatic heterocycles. The summed E-state index contributed by atoms with van der Waals surface area (Å²) in [6.07, 6.45) is 51.9. The number of hydrogen-bond donors (Lipinski definition) is 4. The summed E-state index contributed by atoms with van der Waals surface area (Å²) in [6, 6.07) is 0. The molecule has 0 aromatic rings. The summed E-state index contributed by atoms with van der Waals surface area (Å²) in [6.45, 7) is 4.33. The summed E-state index contributed by atoms with van der Waals surface area (Å²) < 4.78 is 22.8. The molecule has 0 aliphatic carbocycles. The first-order valence-electron chi connectivity index (χ1n) is 24.7. The van der Waals surface area contributed by atoms with Crippen molar-refractivity contribution in [2.24, 2.45) is 0 Å². The Morgan fingerprint density at radius 1 is 0.532 bits per heavy atom. The highest BCUT2D eigenvalue weighted by molar-refractivity contribution is 5.69. The molecule has 62 heavy (non-hydrogen) atoms. The molecular weight excluding hydrogens is 781 g/mol. The van der Waals surface area contributed by atoms with Crippen LogP contribution >= 0.6 is 0 Å². The molecule has 356 valence electrons. The van der Waals surface area contributed by atoms with Gasteiger partial charge in [0.05, 0.1) is 19.8 Å². The van der Waals surface area contributed by atoms with Gasteiger partial charge in [0.2, 0.25) is 0 Å². The molecule has 1 heterocycles. The van der Waals surface area contributed by atoms with E-state index in [1.807, 2.05) is 0 Å². The SMILES string of the molecule is CC/C=C\C/C=C\C/C=C\C/C=C\C/C=C\C/C=C\C/C=C\CCCCOCC(COC1OC(CO)C(O)C(O)C1O)OC(=O)CCCCCCCCCCCCCCCCC. The fourth-order valence-electron chi connectivity index (χ4n) is 7.00. The molecule has 0 amide bonds. The van der Waals surface area contributed by atoms with E-state index in [1.54, 1.807) is 0 Å². The average Bonchev–Trinajstić information content (AvgIpc) is 3.27. The highest BCUT2D eigenvalue weighted by Gasteiger charge is 2.44. The number of esters is 1. The minimum atomic E-state index is -1.55. The lowest BCUT2D eigenvalue weighted by atomic mass is 9.99. The number of allylic oxidation sites excluding steroid dienone is 14. The van der Waals surface area contributed by atoms with Gasteiger partial charge in [0.1, 0.15) is 30.5 Å². The first-order chi connectivity index (χ1) is 30.4. The summed E-state index contributed by atoms with van der Waals surface area (Å²) >= 11 is 0. The van der Waals surface area contributed by atoms with Gasteiger partial charge in [0.25, 0.3) is 0 Å². The standard InChI is InChI=1S/C53H90O9/c1-3-5-7-9-11-13-15-17-19-20-21-22-23-24-25-26-27-29-31-33-35-37-39-41-43-59-45-47(46-60-53-52(58)51(57)50(56)48(44-54)62-53)61-49(55)42-40-38-36-34-32-30-28-18-16-14-12-10-8-6-4-2/h5,7,11,13,17,19,21-22,24-25,27,29,33,35,47-48,50-54,56-58H,3-4,6,8-10,12,14-16,18,20,23,26,28,30-32,34,36-46H2,1-2H3/b7-5-,13-11-,19-17-,22-21-,25-24-,29-27-,35-33-. The summed E-state index contributed by atoms with van der Waals surface area (Å²) in [7, 11) is 0. The van der Waals surface area contributed by atoms with Crippen molar-refractivity contribution in [3.05, 3.63) is 85.1 Å². The molecule has 1 rings (SSSR count). The second kappa shape index (κ2) is 43.6. The number of aliphatic hydroxyl groups is 4. The first kappa shape index (κ1) is 57.4. The molecule has 0 bridgehead atoms. The van der Waals surface area contributed by atoms with Crippen LogP contribution in [0.1, 0.15) is 181 Å². The molecule has 0 radical (unpaired) electrons. The van der Waals surface area contributed by atoms with Crippen LogP contribution < -0.4 is 0 Å². The quantitative estimate of drug-likeness (QED) is 0.0269. The topological polar surface area (TPSA) is 135 Å². The predicted molar refractivity (Wildman–Crippen MR) is 256 cm³/mol. The van der Waals surface area contributed by atoms with Crippen LogP contribution in [0.3, 0.4) is 0 Å². The Balaban J connectivity index is 2.27. The van der Waals surface area contributed by atoms with Gasteiger partial charge in [-0.05, 0) is 70.6 Å². The number of aliphatic hydroxyl groups excluding tert-OH is 4. The van der Waals surface area contributed by atoms with E-state index < -0.39 is 43.4 Å². The molecule has 1 aliphatic rings. The summed E-state index contributed by atoms with van der Waals surface area (Å²) in [4.78, 5) is 12.8. The largest absolute Gasteiger partial charge is 0.457 e. The van der Waals surface area contributed by atoms with E-state index >= 15 is 0 Å². The van der Waals surface area contributed by atoms with Gasteiger partial charge in [-0.15, -0.1) is 0 Å². The number of unbranched alkanes of at least 4 members (excludes halogenated alkanes) is 16. The van der Waals surface area contributed by atoms with Crippen molar-refractivity contribution < 1.29 is 44.2 Å². The lowest BCUT2D eigenvalue weighted by Crippen LogP contribution is -2.59. The van der Waals surface area contributed by atoms with E-state index in [1.165, 1.54) is 77.0 Å². The number of carbonyl (C=O) groups excluding carboxylic acids is 1. The second-order valence-corrected chi connectivity index (χ2v) is 16.5. The molecule has 9 heteroatoms. The third-order valence-electron chi connectivity index (χ3n) is 10.8. The van der Waals surface area contributed by atoms with Crippen molar-refractivity contribution in [3.8, 4) is 0 Å². The molecule has 0 aromatic carbocycles. The van der Waals surface area contributed by atoms with Crippen LogP contribution in [0.4, 0.5) is 0 Å². The van der Waals surface area contributed by atoms with Crippen LogP contribution in [0.25, 0.3) is 0 Å². The van der Waals surface area contributed by atoms with Crippen molar-refractivity contribution in [2.75, 3.05) is 26.4 Å². The smallest absolute Gasteiger partial charge is 0.306 e. The first-order valence-corrected chi connectivity index (χ1v) is 24.7. The zero-order valence-corrected chi connectivity index (χ0v) is 39.1. The fraction of sp³-hybridized carbons (Fsp3) is 0.717. The predicted octanol–water partition coefficient (Wildman–Crippen LogP) is 11.8. The Bertz CT molecular complexity index is 1220. The highest BCUT2D eigenvalue weighted by Crippen LogP contribution is 2.22. The number of hydrogen-bond acceptors (Lipinski definition) is 9. The average molecular weight is 871 g/mol. The molecule has 0 spiro atoms. The van der Waals surface area contributed by atoms with Gasteiger partial charge in [-0.25, -0.2) is 0 Å².